The Kier molecular flexibility index (Phi) is 4.28. The molecule has 18 heavy (non-hydrogen) atoms. The first-order valence-electron chi connectivity index (χ1n) is 4.85. The van der Waals surface area contributed by atoms with Crippen LogP contribution in [0.4, 0.5) is 0 Å². The van der Waals surface area contributed by atoms with E-state index in [0.717, 1.165) is 0 Å². The van der Waals surface area contributed by atoms with E-state index in [9.17, 15) is 0 Å². The van der Waals surface area contributed by atoms with Crippen molar-refractivity contribution in [3.63, 3.8) is 0 Å². The SMILES string of the molecule is ClC1=C(Cl)C2(Cl)C3C(Cl)C=CC3C1(Cl)C2(Cl)Cl.[H-].[H-].[Mg+2]. The summed E-state index contributed by atoms with van der Waals surface area (Å²) in [6.45, 7) is 0. The van der Waals surface area contributed by atoms with Gasteiger partial charge in [0.25, 0.3) is 0 Å². The minimum atomic E-state index is -1.48. The van der Waals surface area contributed by atoms with Crippen LogP contribution in [0.25, 0.3) is 0 Å². The Labute approximate surface area is 159 Å². The van der Waals surface area contributed by atoms with E-state index < -0.39 is 14.1 Å². The Morgan fingerprint density at radius 2 is 1.44 bits per heavy atom. The van der Waals surface area contributed by atoms with E-state index in [1.165, 1.54) is 0 Å². The summed E-state index contributed by atoms with van der Waals surface area (Å²) in [5, 5.41) is 0.113. The number of fused-ring (bicyclic) bond motifs is 5. The summed E-state index contributed by atoms with van der Waals surface area (Å²) < 4.78 is -1.48. The molecular formula is C10H7Cl7Mg. The van der Waals surface area contributed by atoms with Gasteiger partial charge in [0.2, 0.25) is 0 Å². The van der Waals surface area contributed by atoms with E-state index in [0.29, 0.717) is 0 Å². The molecule has 0 aliphatic heterocycles. The van der Waals surface area contributed by atoms with Crippen LogP contribution in [-0.2, 0) is 0 Å². The number of halogens is 7. The molecule has 0 heterocycles. The molecule has 0 saturated heterocycles. The van der Waals surface area contributed by atoms with Crippen molar-refractivity contribution in [2.24, 2.45) is 11.8 Å². The molecule has 0 radical (unpaired) electrons. The molecular weight excluding hydrogens is 393 g/mol. The summed E-state index contributed by atoms with van der Waals surface area (Å²) in [7, 11) is 0. The molecule has 0 aromatic carbocycles. The molecule has 1 fully saturated rings. The van der Waals surface area contributed by atoms with E-state index in [1.54, 1.807) is 0 Å². The minimum Gasteiger partial charge on any atom is -1.00 e. The first-order chi connectivity index (χ1) is 7.70. The third-order valence-electron chi connectivity index (χ3n) is 3.90. The van der Waals surface area contributed by atoms with Crippen LogP contribution < -0.4 is 0 Å². The number of allylic oxidation sites excluding steroid dienone is 4. The van der Waals surface area contributed by atoms with Crippen LogP contribution in [0.15, 0.2) is 22.2 Å². The maximum atomic E-state index is 6.57. The van der Waals surface area contributed by atoms with Gasteiger partial charge in [-0.2, -0.15) is 0 Å². The summed E-state index contributed by atoms with van der Waals surface area (Å²) >= 11 is 44.5. The second kappa shape index (κ2) is 4.63. The largest absolute Gasteiger partial charge is 2.00 e. The molecule has 0 amide bonds. The van der Waals surface area contributed by atoms with Crippen molar-refractivity contribution in [1.29, 1.82) is 0 Å². The van der Waals surface area contributed by atoms with Crippen LogP contribution in [-0.4, -0.2) is 42.5 Å². The number of rotatable bonds is 0. The molecule has 0 spiro atoms. The van der Waals surface area contributed by atoms with Gasteiger partial charge in [0.1, 0.15) is 9.75 Å². The summed E-state index contributed by atoms with van der Waals surface area (Å²) in [6.07, 6.45) is 3.69. The van der Waals surface area contributed by atoms with Gasteiger partial charge in [-0.1, -0.05) is 58.6 Å². The van der Waals surface area contributed by atoms with Crippen molar-refractivity contribution in [3.8, 4) is 0 Å². The molecule has 5 unspecified atom stereocenters. The van der Waals surface area contributed by atoms with Gasteiger partial charge in [-0.15, -0.1) is 34.8 Å². The Balaban J connectivity index is 0.00000120. The van der Waals surface area contributed by atoms with E-state index in [1.807, 2.05) is 12.2 Å². The molecule has 0 N–H and O–H groups in total. The average molecular weight is 400 g/mol. The van der Waals surface area contributed by atoms with Gasteiger partial charge in [-0.25, -0.2) is 0 Å². The zero-order valence-electron chi connectivity index (χ0n) is 10.7. The van der Waals surface area contributed by atoms with Crippen LogP contribution >= 0.6 is 81.2 Å². The van der Waals surface area contributed by atoms with E-state index >= 15 is 0 Å². The van der Waals surface area contributed by atoms with Crippen LogP contribution in [0.1, 0.15) is 2.85 Å². The van der Waals surface area contributed by atoms with Gasteiger partial charge >= 0.3 is 23.1 Å². The third kappa shape index (κ3) is 1.45. The average Bonchev–Trinajstić information content (AvgIpc) is 2.73. The van der Waals surface area contributed by atoms with E-state index in [-0.39, 0.29) is 53.2 Å². The molecule has 3 aliphatic rings. The molecule has 0 aromatic heterocycles. The summed E-state index contributed by atoms with van der Waals surface area (Å²) in [5.41, 5.74) is 0. The Morgan fingerprint density at radius 3 is 2.00 bits per heavy atom. The maximum absolute atomic E-state index is 6.57. The third-order valence-corrected chi connectivity index (χ3v) is 8.61. The van der Waals surface area contributed by atoms with Crippen molar-refractivity contribution >= 4 is 104 Å². The van der Waals surface area contributed by atoms with Gasteiger partial charge < -0.3 is 2.85 Å². The van der Waals surface area contributed by atoms with Crippen LogP contribution in [0.2, 0.25) is 0 Å². The van der Waals surface area contributed by atoms with E-state index in [4.69, 9.17) is 81.2 Å². The summed E-state index contributed by atoms with van der Waals surface area (Å²) in [6, 6.07) is 0. The Morgan fingerprint density at radius 1 is 0.944 bits per heavy atom. The van der Waals surface area contributed by atoms with Gasteiger partial charge in [0.15, 0.2) is 4.33 Å². The molecule has 2 bridgehead atoms. The number of hydrogen-bond donors (Lipinski definition) is 0. The summed E-state index contributed by atoms with van der Waals surface area (Å²) in [5.74, 6) is -0.470. The maximum Gasteiger partial charge on any atom is 2.00 e. The van der Waals surface area contributed by atoms with Gasteiger partial charge in [-0.3, -0.25) is 0 Å². The van der Waals surface area contributed by atoms with E-state index in [2.05, 4.69) is 0 Å². The number of hydrogen-bond acceptors (Lipinski definition) is 0. The van der Waals surface area contributed by atoms with Crippen molar-refractivity contribution < 1.29 is 2.85 Å². The normalized spacial score (nSPS) is 51.6. The Bertz CT molecular complexity index is 482. The molecule has 3 rings (SSSR count). The smallest absolute Gasteiger partial charge is 1.00 e. The monoisotopic (exact) mass is 396 g/mol. The molecule has 8 heteroatoms. The van der Waals surface area contributed by atoms with Crippen LogP contribution in [0.5, 0.6) is 0 Å². The topological polar surface area (TPSA) is 0 Å². The predicted octanol–water partition coefficient (Wildman–Crippen LogP) is 5.09. The quantitative estimate of drug-likeness (QED) is 0.302. The molecule has 98 valence electrons. The molecule has 0 aromatic rings. The van der Waals surface area contributed by atoms with Crippen LogP contribution in [0, 0.1) is 11.8 Å². The fourth-order valence-corrected chi connectivity index (χ4v) is 6.60. The van der Waals surface area contributed by atoms with Crippen molar-refractivity contribution in [3.05, 3.63) is 22.2 Å². The minimum absolute atomic E-state index is 0. The Hall–Kier alpha value is 2.28. The fourth-order valence-electron chi connectivity index (χ4n) is 3.08. The summed E-state index contributed by atoms with van der Waals surface area (Å²) in [4.78, 5) is -2.45. The molecule has 3 aliphatic carbocycles. The first-order valence-corrected chi connectivity index (χ1v) is 7.55. The van der Waals surface area contributed by atoms with Gasteiger partial charge in [0.05, 0.1) is 15.4 Å². The molecule has 5 atom stereocenters. The van der Waals surface area contributed by atoms with Crippen molar-refractivity contribution in [1.82, 2.24) is 0 Å². The molecule has 1 saturated carbocycles. The van der Waals surface area contributed by atoms with Gasteiger partial charge in [0, 0.05) is 11.8 Å². The second-order valence-corrected chi connectivity index (χ2v) is 8.29. The first kappa shape index (κ1) is 16.6. The van der Waals surface area contributed by atoms with Crippen molar-refractivity contribution in [2.75, 3.05) is 0 Å². The zero-order chi connectivity index (χ0) is 12.8. The fraction of sp³-hybridized carbons (Fsp3) is 0.600. The van der Waals surface area contributed by atoms with Gasteiger partial charge in [-0.05, 0) is 0 Å². The zero-order valence-corrected chi connectivity index (χ0v) is 15.4. The van der Waals surface area contributed by atoms with Crippen molar-refractivity contribution in [2.45, 2.75) is 19.5 Å². The van der Waals surface area contributed by atoms with Crippen LogP contribution in [0.3, 0.4) is 0 Å². The predicted molar refractivity (Wildman–Crippen MR) is 84.1 cm³/mol. The second-order valence-electron chi connectivity index (χ2n) is 4.51. The standard InChI is InChI=1S/C10H5Cl7.Mg.2H/c11-4-2-1-3-5(4)9(15)7(13)6(12)8(3,14)10(9,16)17;;;/h1-5H;;;/q;+2;2*-1. The molecule has 0 nitrogen and oxygen atoms in total. The number of alkyl halides is 5.